The SMILES string of the molecule is CN=C(NCCc1c(F)cccc1F)NCc1ncc(C)s1.I. The van der Waals surface area contributed by atoms with Gasteiger partial charge in [0.25, 0.3) is 0 Å². The molecule has 0 aliphatic rings. The number of aryl methyl sites for hydroxylation is 1. The van der Waals surface area contributed by atoms with E-state index in [0.717, 1.165) is 9.88 Å². The van der Waals surface area contributed by atoms with Crippen molar-refractivity contribution < 1.29 is 8.78 Å². The molecule has 2 rings (SSSR count). The van der Waals surface area contributed by atoms with Crippen LogP contribution >= 0.6 is 35.3 Å². The van der Waals surface area contributed by atoms with Crippen LogP contribution < -0.4 is 10.6 Å². The molecule has 0 bridgehead atoms. The summed E-state index contributed by atoms with van der Waals surface area (Å²) in [6.45, 7) is 2.94. The molecule has 0 amide bonds. The molecule has 0 fully saturated rings. The van der Waals surface area contributed by atoms with Gasteiger partial charge in [-0.25, -0.2) is 13.8 Å². The number of nitrogens with zero attached hydrogens (tertiary/aromatic N) is 2. The number of aliphatic imine (C=N–C) groups is 1. The van der Waals surface area contributed by atoms with Gasteiger partial charge in [-0.3, -0.25) is 4.99 Å². The van der Waals surface area contributed by atoms with Crippen molar-refractivity contribution in [2.75, 3.05) is 13.6 Å². The highest BCUT2D eigenvalue weighted by atomic mass is 127. The van der Waals surface area contributed by atoms with E-state index in [4.69, 9.17) is 0 Å². The first kappa shape index (κ1) is 19.8. The lowest BCUT2D eigenvalue weighted by Gasteiger charge is -2.11. The van der Waals surface area contributed by atoms with Crippen molar-refractivity contribution in [1.82, 2.24) is 15.6 Å². The minimum atomic E-state index is -0.525. The maximum absolute atomic E-state index is 13.5. The topological polar surface area (TPSA) is 49.3 Å². The van der Waals surface area contributed by atoms with Gasteiger partial charge in [0.05, 0.1) is 6.54 Å². The number of thiazole rings is 1. The summed E-state index contributed by atoms with van der Waals surface area (Å²) in [5, 5.41) is 7.10. The summed E-state index contributed by atoms with van der Waals surface area (Å²) in [5.41, 5.74) is 0.0843. The predicted molar refractivity (Wildman–Crippen MR) is 101 cm³/mol. The van der Waals surface area contributed by atoms with Gasteiger partial charge in [-0.2, -0.15) is 0 Å². The van der Waals surface area contributed by atoms with Crippen molar-refractivity contribution in [2.45, 2.75) is 19.9 Å². The van der Waals surface area contributed by atoms with Crippen molar-refractivity contribution >= 4 is 41.3 Å². The Balaban J connectivity index is 0.00000264. The highest BCUT2D eigenvalue weighted by molar-refractivity contribution is 14.0. The molecule has 2 N–H and O–H groups in total. The van der Waals surface area contributed by atoms with Gasteiger partial charge in [0, 0.05) is 30.2 Å². The molecule has 1 aromatic carbocycles. The van der Waals surface area contributed by atoms with Gasteiger partial charge in [0.2, 0.25) is 0 Å². The first-order valence-corrected chi connectivity index (χ1v) is 7.70. The van der Waals surface area contributed by atoms with Crippen LogP contribution in [-0.4, -0.2) is 24.5 Å². The number of hydrogen-bond donors (Lipinski definition) is 2. The number of halogens is 3. The molecule has 1 heterocycles. The standard InChI is InChI=1S/C15H18F2N4S.HI/c1-10-8-20-14(22-10)9-21-15(18-2)19-7-6-11-12(16)4-3-5-13(11)17;/h3-5,8H,6-7,9H2,1-2H3,(H2,18,19,21);1H. The normalized spacial score (nSPS) is 11.0. The molecule has 126 valence electrons. The summed E-state index contributed by atoms with van der Waals surface area (Å²) in [4.78, 5) is 9.46. The second-order valence-corrected chi connectivity index (χ2v) is 5.99. The Labute approximate surface area is 155 Å². The second-order valence-electron chi connectivity index (χ2n) is 4.67. The third-order valence-electron chi connectivity index (χ3n) is 3.03. The van der Waals surface area contributed by atoms with E-state index in [0.29, 0.717) is 19.0 Å². The van der Waals surface area contributed by atoms with Crippen LogP contribution in [0, 0.1) is 18.6 Å². The summed E-state index contributed by atoms with van der Waals surface area (Å²) in [5.74, 6) is -0.476. The van der Waals surface area contributed by atoms with Crippen LogP contribution in [0.2, 0.25) is 0 Å². The van der Waals surface area contributed by atoms with E-state index in [9.17, 15) is 8.78 Å². The van der Waals surface area contributed by atoms with Crippen molar-refractivity contribution in [3.63, 3.8) is 0 Å². The lowest BCUT2D eigenvalue weighted by molar-refractivity contribution is 0.553. The lowest BCUT2D eigenvalue weighted by atomic mass is 10.1. The van der Waals surface area contributed by atoms with Crippen LogP contribution in [0.1, 0.15) is 15.4 Å². The monoisotopic (exact) mass is 452 g/mol. The maximum Gasteiger partial charge on any atom is 0.191 e. The summed E-state index contributed by atoms with van der Waals surface area (Å²) >= 11 is 1.61. The fourth-order valence-electron chi connectivity index (χ4n) is 1.94. The minimum absolute atomic E-state index is 0. The fourth-order valence-corrected chi connectivity index (χ4v) is 2.67. The smallest absolute Gasteiger partial charge is 0.191 e. The molecule has 0 aliphatic heterocycles. The van der Waals surface area contributed by atoms with E-state index in [-0.39, 0.29) is 36.0 Å². The molecular formula is C15H19F2IN4S. The van der Waals surface area contributed by atoms with Crippen LogP contribution in [0.25, 0.3) is 0 Å². The van der Waals surface area contributed by atoms with Crippen molar-refractivity contribution in [2.24, 2.45) is 4.99 Å². The zero-order valence-corrected chi connectivity index (χ0v) is 16.0. The zero-order valence-electron chi connectivity index (χ0n) is 12.9. The summed E-state index contributed by atoms with van der Waals surface area (Å²) in [6.07, 6.45) is 2.06. The Hall–Kier alpha value is -1.29. The Morgan fingerprint density at radius 3 is 2.52 bits per heavy atom. The van der Waals surface area contributed by atoms with Gasteiger partial charge in [-0.05, 0) is 25.5 Å². The Bertz CT molecular complexity index is 640. The summed E-state index contributed by atoms with van der Waals surface area (Å²) < 4.78 is 27.0. The minimum Gasteiger partial charge on any atom is -0.356 e. The molecular weight excluding hydrogens is 433 g/mol. The number of guanidine groups is 1. The average molecular weight is 452 g/mol. The van der Waals surface area contributed by atoms with E-state index in [1.54, 1.807) is 18.4 Å². The van der Waals surface area contributed by atoms with E-state index >= 15 is 0 Å². The van der Waals surface area contributed by atoms with Gasteiger partial charge in [0.15, 0.2) is 5.96 Å². The van der Waals surface area contributed by atoms with Gasteiger partial charge in [0.1, 0.15) is 16.6 Å². The number of nitrogens with one attached hydrogen (secondary N) is 2. The number of hydrogen-bond acceptors (Lipinski definition) is 3. The van der Waals surface area contributed by atoms with Gasteiger partial charge >= 0.3 is 0 Å². The molecule has 0 atom stereocenters. The molecule has 0 radical (unpaired) electrons. The summed E-state index contributed by atoms with van der Waals surface area (Å²) in [7, 11) is 1.64. The second kappa shape index (κ2) is 9.76. The highest BCUT2D eigenvalue weighted by Crippen LogP contribution is 2.12. The van der Waals surface area contributed by atoms with Gasteiger partial charge in [-0.15, -0.1) is 35.3 Å². The van der Waals surface area contributed by atoms with E-state index < -0.39 is 11.6 Å². The third-order valence-corrected chi connectivity index (χ3v) is 3.94. The van der Waals surface area contributed by atoms with Crippen LogP contribution in [0.5, 0.6) is 0 Å². The predicted octanol–water partition coefficient (Wildman–Crippen LogP) is 3.26. The molecule has 23 heavy (non-hydrogen) atoms. The fraction of sp³-hybridized carbons (Fsp3) is 0.333. The molecule has 4 nitrogen and oxygen atoms in total. The number of rotatable bonds is 5. The lowest BCUT2D eigenvalue weighted by Crippen LogP contribution is -2.38. The van der Waals surface area contributed by atoms with Crippen LogP contribution in [0.15, 0.2) is 29.4 Å². The Kier molecular flexibility index (Phi) is 8.38. The van der Waals surface area contributed by atoms with Crippen LogP contribution in [0.3, 0.4) is 0 Å². The molecule has 0 spiro atoms. The molecule has 0 unspecified atom stereocenters. The van der Waals surface area contributed by atoms with E-state index in [1.165, 1.54) is 18.2 Å². The Morgan fingerprint density at radius 2 is 1.96 bits per heavy atom. The van der Waals surface area contributed by atoms with Gasteiger partial charge in [-0.1, -0.05) is 6.07 Å². The first-order chi connectivity index (χ1) is 10.6. The maximum atomic E-state index is 13.5. The molecule has 1 aromatic heterocycles. The molecule has 8 heteroatoms. The quantitative estimate of drug-likeness (QED) is 0.416. The van der Waals surface area contributed by atoms with Gasteiger partial charge < -0.3 is 10.6 Å². The van der Waals surface area contributed by atoms with Crippen molar-refractivity contribution in [3.05, 3.63) is 51.5 Å². The zero-order chi connectivity index (χ0) is 15.9. The third kappa shape index (κ3) is 6.02. The van der Waals surface area contributed by atoms with E-state index in [2.05, 4.69) is 20.6 Å². The number of benzene rings is 1. The first-order valence-electron chi connectivity index (χ1n) is 6.89. The largest absolute Gasteiger partial charge is 0.356 e. The van der Waals surface area contributed by atoms with Crippen molar-refractivity contribution in [1.29, 1.82) is 0 Å². The summed E-state index contributed by atoms with van der Waals surface area (Å²) in [6, 6.07) is 3.88. The number of aromatic nitrogens is 1. The van der Waals surface area contributed by atoms with Crippen molar-refractivity contribution in [3.8, 4) is 0 Å². The average Bonchev–Trinajstić information content (AvgIpc) is 2.91. The molecule has 0 aliphatic carbocycles. The molecule has 2 aromatic rings. The molecule has 0 saturated carbocycles. The van der Waals surface area contributed by atoms with Crippen LogP contribution in [-0.2, 0) is 13.0 Å². The van der Waals surface area contributed by atoms with E-state index in [1.807, 2.05) is 13.1 Å². The van der Waals surface area contributed by atoms with Crippen LogP contribution in [0.4, 0.5) is 8.78 Å². The molecule has 0 saturated heterocycles. The highest BCUT2D eigenvalue weighted by Gasteiger charge is 2.08. The Morgan fingerprint density at radius 1 is 1.26 bits per heavy atom.